The van der Waals surface area contributed by atoms with Crippen LogP contribution in [0.1, 0.15) is 11.1 Å². The first-order chi connectivity index (χ1) is 8.29. The molecular formula is C14H9FN2. The van der Waals surface area contributed by atoms with E-state index >= 15 is 0 Å². The van der Waals surface area contributed by atoms with Gasteiger partial charge < -0.3 is 0 Å². The van der Waals surface area contributed by atoms with Crippen LogP contribution in [0.25, 0.3) is 11.6 Å². The molecule has 1 aromatic heterocycles. The quantitative estimate of drug-likeness (QED) is 0.734. The number of rotatable bonds is 2. The summed E-state index contributed by atoms with van der Waals surface area (Å²) in [6, 6.07) is 11.7. The Kier molecular flexibility index (Phi) is 3.27. The number of nitriles is 1. The van der Waals surface area contributed by atoms with Crippen molar-refractivity contribution >= 4 is 11.6 Å². The second-order valence-corrected chi connectivity index (χ2v) is 3.46. The Morgan fingerprint density at radius 3 is 2.59 bits per heavy atom. The van der Waals surface area contributed by atoms with Crippen LogP contribution in [-0.2, 0) is 0 Å². The zero-order valence-corrected chi connectivity index (χ0v) is 8.97. The Labute approximate surface area is 98.7 Å². The highest BCUT2D eigenvalue weighted by atomic mass is 19.1. The molecule has 3 heteroatoms. The van der Waals surface area contributed by atoms with Crippen LogP contribution in [-0.4, -0.2) is 4.98 Å². The van der Waals surface area contributed by atoms with Gasteiger partial charge in [-0.2, -0.15) is 5.26 Å². The van der Waals surface area contributed by atoms with Crippen molar-refractivity contribution in [2.24, 2.45) is 0 Å². The van der Waals surface area contributed by atoms with Crippen LogP contribution in [0.5, 0.6) is 0 Å². The van der Waals surface area contributed by atoms with Gasteiger partial charge in [0.05, 0.1) is 11.6 Å². The van der Waals surface area contributed by atoms with Crippen LogP contribution in [0.2, 0.25) is 0 Å². The van der Waals surface area contributed by atoms with E-state index in [1.165, 1.54) is 12.1 Å². The van der Waals surface area contributed by atoms with Crippen molar-refractivity contribution in [1.29, 1.82) is 5.26 Å². The molecule has 0 amide bonds. The molecule has 1 aromatic carbocycles. The van der Waals surface area contributed by atoms with Gasteiger partial charge >= 0.3 is 0 Å². The molecular weight excluding hydrogens is 215 g/mol. The smallest absolute Gasteiger partial charge is 0.123 e. The average molecular weight is 224 g/mol. The van der Waals surface area contributed by atoms with Gasteiger partial charge in [-0.15, -0.1) is 0 Å². The van der Waals surface area contributed by atoms with E-state index in [2.05, 4.69) is 11.1 Å². The molecule has 0 aliphatic heterocycles. The fourth-order valence-corrected chi connectivity index (χ4v) is 1.43. The number of halogens is 1. The summed E-state index contributed by atoms with van der Waals surface area (Å²) >= 11 is 0. The van der Waals surface area contributed by atoms with Crippen molar-refractivity contribution in [2.45, 2.75) is 0 Å². The van der Waals surface area contributed by atoms with Gasteiger partial charge in [-0.3, -0.25) is 4.98 Å². The standard InChI is InChI=1S/C14H9FN2/c15-14-5-3-11(4-6-14)8-13(9-16)12-2-1-7-17-10-12/h1-8,10H. The zero-order chi connectivity index (χ0) is 12.1. The number of aromatic nitrogens is 1. The average Bonchev–Trinajstić information content (AvgIpc) is 2.39. The molecule has 82 valence electrons. The lowest BCUT2D eigenvalue weighted by Crippen LogP contribution is -1.83. The topological polar surface area (TPSA) is 36.7 Å². The number of hydrogen-bond donors (Lipinski definition) is 0. The molecule has 0 saturated heterocycles. The first-order valence-corrected chi connectivity index (χ1v) is 5.07. The van der Waals surface area contributed by atoms with Crippen molar-refractivity contribution in [3.05, 3.63) is 65.7 Å². The maximum atomic E-state index is 12.7. The SMILES string of the molecule is N#CC(=Cc1ccc(F)cc1)c1cccnc1. The molecule has 0 atom stereocenters. The molecule has 1 heterocycles. The normalized spacial score (nSPS) is 10.9. The first-order valence-electron chi connectivity index (χ1n) is 5.07. The highest BCUT2D eigenvalue weighted by Gasteiger charge is 2.00. The number of pyridine rings is 1. The van der Waals surface area contributed by atoms with Gasteiger partial charge in [0.15, 0.2) is 0 Å². The molecule has 2 aromatic rings. The fraction of sp³-hybridized carbons (Fsp3) is 0. The Morgan fingerprint density at radius 2 is 2.00 bits per heavy atom. The molecule has 0 aliphatic rings. The molecule has 0 aliphatic carbocycles. The highest BCUT2D eigenvalue weighted by Crippen LogP contribution is 2.16. The van der Waals surface area contributed by atoms with Gasteiger partial charge in [0.1, 0.15) is 5.82 Å². The second kappa shape index (κ2) is 5.04. The minimum absolute atomic E-state index is 0.290. The van der Waals surface area contributed by atoms with Crippen LogP contribution in [0.15, 0.2) is 48.8 Å². The summed E-state index contributed by atoms with van der Waals surface area (Å²) in [5.41, 5.74) is 2.04. The zero-order valence-electron chi connectivity index (χ0n) is 8.97. The first kappa shape index (κ1) is 11.0. The van der Waals surface area contributed by atoms with E-state index in [1.54, 1.807) is 36.7 Å². The molecule has 2 nitrogen and oxygen atoms in total. The van der Waals surface area contributed by atoms with Crippen LogP contribution in [0.3, 0.4) is 0 Å². The second-order valence-electron chi connectivity index (χ2n) is 3.46. The van der Waals surface area contributed by atoms with Crippen LogP contribution in [0, 0.1) is 17.1 Å². The van der Waals surface area contributed by atoms with Crippen molar-refractivity contribution in [3.63, 3.8) is 0 Å². The third-order valence-electron chi connectivity index (χ3n) is 2.27. The van der Waals surface area contributed by atoms with Crippen LogP contribution >= 0.6 is 0 Å². The lowest BCUT2D eigenvalue weighted by Gasteiger charge is -1.98. The molecule has 2 rings (SSSR count). The summed E-state index contributed by atoms with van der Waals surface area (Å²) in [7, 11) is 0. The van der Waals surface area contributed by atoms with E-state index < -0.39 is 0 Å². The van der Waals surface area contributed by atoms with Crippen molar-refractivity contribution in [2.75, 3.05) is 0 Å². The lowest BCUT2D eigenvalue weighted by atomic mass is 10.1. The maximum Gasteiger partial charge on any atom is 0.123 e. The molecule has 0 N–H and O–H groups in total. The highest BCUT2D eigenvalue weighted by molar-refractivity contribution is 5.89. The fourth-order valence-electron chi connectivity index (χ4n) is 1.43. The van der Waals surface area contributed by atoms with Gasteiger partial charge in [-0.1, -0.05) is 18.2 Å². The predicted octanol–water partition coefficient (Wildman–Crippen LogP) is 3.28. The summed E-state index contributed by atoms with van der Waals surface area (Å²) in [6.45, 7) is 0. The van der Waals surface area contributed by atoms with Crippen LogP contribution in [0.4, 0.5) is 4.39 Å². The lowest BCUT2D eigenvalue weighted by molar-refractivity contribution is 0.628. The minimum atomic E-state index is -0.290. The van der Waals surface area contributed by atoms with Gasteiger partial charge in [0.2, 0.25) is 0 Å². The Hall–Kier alpha value is -2.47. The van der Waals surface area contributed by atoms with Crippen molar-refractivity contribution in [1.82, 2.24) is 4.98 Å². The summed E-state index contributed by atoms with van der Waals surface area (Å²) in [4.78, 5) is 3.96. The van der Waals surface area contributed by atoms with Gasteiger partial charge in [-0.05, 0) is 29.8 Å². The van der Waals surface area contributed by atoms with E-state index in [0.717, 1.165) is 11.1 Å². The summed E-state index contributed by atoms with van der Waals surface area (Å²) in [6.07, 6.45) is 4.98. The molecule has 0 fully saturated rings. The minimum Gasteiger partial charge on any atom is -0.264 e. The molecule has 0 spiro atoms. The Morgan fingerprint density at radius 1 is 1.24 bits per heavy atom. The van der Waals surface area contributed by atoms with E-state index in [-0.39, 0.29) is 5.82 Å². The van der Waals surface area contributed by atoms with Crippen molar-refractivity contribution in [3.8, 4) is 6.07 Å². The summed E-state index contributed by atoms with van der Waals surface area (Å²) in [5, 5.41) is 9.08. The number of hydrogen-bond acceptors (Lipinski definition) is 2. The number of nitrogens with zero attached hydrogens (tertiary/aromatic N) is 2. The Balaban J connectivity index is 2.37. The number of benzene rings is 1. The molecule has 0 bridgehead atoms. The van der Waals surface area contributed by atoms with E-state index in [4.69, 9.17) is 5.26 Å². The van der Waals surface area contributed by atoms with Crippen molar-refractivity contribution < 1.29 is 4.39 Å². The third-order valence-corrected chi connectivity index (χ3v) is 2.27. The third kappa shape index (κ3) is 2.76. The monoisotopic (exact) mass is 224 g/mol. The maximum absolute atomic E-state index is 12.7. The van der Waals surface area contributed by atoms with Gasteiger partial charge in [0.25, 0.3) is 0 Å². The molecule has 0 saturated carbocycles. The van der Waals surface area contributed by atoms with Gasteiger partial charge in [0, 0.05) is 18.0 Å². The van der Waals surface area contributed by atoms with Crippen LogP contribution < -0.4 is 0 Å². The largest absolute Gasteiger partial charge is 0.264 e. The predicted molar refractivity (Wildman–Crippen MR) is 64.1 cm³/mol. The number of allylic oxidation sites excluding steroid dienone is 1. The molecule has 0 unspecified atom stereocenters. The van der Waals surface area contributed by atoms with E-state index in [1.807, 2.05) is 6.07 Å². The summed E-state index contributed by atoms with van der Waals surface area (Å²) in [5.74, 6) is -0.290. The molecule has 0 radical (unpaired) electrons. The van der Waals surface area contributed by atoms with E-state index in [9.17, 15) is 4.39 Å². The molecule has 17 heavy (non-hydrogen) atoms. The Bertz CT molecular complexity index is 565. The van der Waals surface area contributed by atoms with E-state index in [0.29, 0.717) is 5.57 Å². The summed E-state index contributed by atoms with van der Waals surface area (Å²) < 4.78 is 12.7. The van der Waals surface area contributed by atoms with Gasteiger partial charge in [-0.25, -0.2) is 4.39 Å².